The number of ketones is 1. The Kier molecular flexibility index (Phi) is 5.41. The molecule has 1 aliphatic rings. The molecule has 0 fully saturated rings. The predicted molar refractivity (Wildman–Crippen MR) is 104 cm³/mol. The summed E-state index contributed by atoms with van der Waals surface area (Å²) in [6, 6.07) is 19.3. The lowest BCUT2D eigenvalue weighted by Crippen LogP contribution is -2.28. The number of ether oxygens (including phenoxy) is 1. The number of nitrogens with zero attached hydrogens (tertiary/aromatic N) is 2. The van der Waals surface area contributed by atoms with E-state index in [1.807, 2.05) is 84.6 Å². The Labute approximate surface area is 159 Å². The van der Waals surface area contributed by atoms with Crippen LogP contribution in [0.4, 0.5) is 0 Å². The highest BCUT2D eigenvalue weighted by Gasteiger charge is 2.37. The summed E-state index contributed by atoms with van der Waals surface area (Å²) in [4.78, 5) is 29.0. The van der Waals surface area contributed by atoms with Gasteiger partial charge in [-0.05, 0) is 11.1 Å². The van der Waals surface area contributed by atoms with Crippen molar-refractivity contribution in [3.63, 3.8) is 0 Å². The van der Waals surface area contributed by atoms with Crippen molar-refractivity contribution in [3.05, 3.63) is 89.4 Å². The van der Waals surface area contributed by atoms with Crippen LogP contribution in [-0.4, -0.2) is 42.8 Å². The summed E-state index contributed by atoms with van der Waals surface area (Å²) in [5.41, 5.74) is 2.74. The fraction of sp³-hybridized carbons (Fsp3) is 0.182. The normalized spacial score (nSPS) is 15.4. The van der Waals surface area contributed by atoms with Crippen LogP contribution in [-0.2, 0) is 20.9 Å². The molecule has 0 saturated carbocycles. The molecule has 5 nitrogen and oxygen atoms in total. The van der Waals surface area contributed by atoms with E-state index in [1.165, 1.54) is 13.2 Å². The Morgan fingerprint density at radius 2 is 1.63 bits per heavy atom. The number of rotatable bonds is 5. The summed E-state index contributed by atoms with van der Waals surface area (Å²) in [5.74, 6) is 0.0141. The first-order chi connectivity index (χ1) is 13.0. The zero-order chi connectivity index (χ0) is 19.4. The van der Waals surface area contributed by atoms with Gasteiger partial charge in [-0.25, -0.2) is 4.79 Å². The first-order valence-electron chi connectivity index (χ1n) is 8.65. The fourth-order valence-corrected chi connectivity index (χ4v) is 3.17. The van der Waals surface area contributed by atoms with Gasteiger partial charge in [-0.2, -0.15) is 0 Å². The van der Waals surface area contributed by atoms with Gasteiger partial charge in [-0.1, -0.05) is 60.7 Å². The summed E-state index contributed by atoms with van der Waals surface area (Å²) in [5, 5.41) is 0. The molecule has 0 unspecified atom stereocenters. The number of benzene rings is 2. The van der Waals surface area contributed by atoms with Crippen molar-refractivity contribution in [2.24, 2.45) is 0 Å². The molecule has 2 aromatic carbocycles. The van der Waals surface area contributed by atoms with E-state index in [2.05, 4.69) is 0 Å². The number of carbonyl (C=O) groups excluding carboxylic acids is 2. The van der Waals surface area contributed by atoms with Gasteiger partial charge in [-0.3, -0.25) is 4.79 Å². The van der Waals surface area contributed by atoms with Crippen LogP contribution in [0.2, 0.25) is 0 Å². The number of hydrogen-bond donors (Lipinski definition) is 0. The van der Waals surface area contributed by atoms with Crippen molar-refractivity contribution >= 4 is 17.3 Å². The molecular weight excluding hydrogens is 340 g/mol. The molecule has 2 aromatic rings. The third-order valence-electron chi connectivity index (χ3n) is 4.36. The minimum atomic E-state index is -0.552. The average Bonchev–Trinajstić information content (AvgIpc) is 2.95. The first kappa shape index (κ1) is 18.5. The lowest BCUT2D eigenvalue weighted by Gasteiger charge is -2.28. The van der Waals surface area contributed by atoms with Gasteiger partial charge in [0.1, 0.15) is 5.82 Å². The van der Waals surface area contributed by atoms with Gasteiger partial charge in [0.2, 0.25) is 5.78 Å². The van der Waals surface area contributed by atoms with E-state index in [0.29, 0.717) is 17.8 Å². The maximum Gasteiger partial charge on any atom is 0.332 e. The molecule has 0 amide bonds. The predicted octanol–water partition coefficient (Wildman–Crippen LogP) is 3.06. The Morgan fingerprint density at radius 1 is 1.04 bits per heavy atom. The maximum absolute atomic E-state index is 13.3. The second-order valence-corrected chi connectivity index (χ2v) is 6.41. The molecule has 1 aliphatic heterocycles. The molecule has 0 saturated heterocycles. The van der Waals surface area contributed by atoms with Gasteiger partial charge >= 0.3 is 5.97 Å². The molecule has 3 rings (SSSR count). The number of esters is 1. The lowest BCUT2D eigenvalue weighted by atomic mass is 10.0. The molecule has 27 heavy (non-hydrogen) atoms. The Balaban J connectivity index is 2.16. The van der Waals surface area contributed by atoms with Crippen molar-refractivity contribution in [3.8, 4) is 0 Å². The molecule has 0 aliphatic carbocycles. The molecule has 138 valence electrons. The van der Waals surface area contributed by atoms with Crippen LogP contribution in [0.5, 0.6) is 0 Å². The van der Waals surface area contributed by atoms with Crippen LogP contribution in [0.1, 0.15) is 11.1 Å². The Hall–Kier alpha value is -3.34. The highest BCUT2D eigenvalue weighted by atomic mass is 16.5. The van der Waals surface area contributed by atoms with Crippen molar-refractivity contribution in [2.45, 2.75) is 6.54 Å². The van der Waals surface area contributed by atoms with E-state index >= 15 is 0 Å². The van der Waals surface area contributed by atoms with E-state index < -0.39 is 5.97 Å². The minimum absolute atomic E-state index is 0.189. The highest BCUT2D eigenvalue weighted by Crippen LogP contribution is 2.37. The van der Waals surface area contributed by atoms with Gasteiger partial charge in [0.25, 0.3) is 0 Å². The van der Waals surface area contributed by atoms with Crippen molar-refractivity contribution in [1.29, 1.82) is 0 Å². The molecule has 0 radical (unpaired) electrons. The summed E-state index contributed by atoms with van der Waals surface area (Å²) in [6.07, 6.45) is 1.27. The van der Waals surface area contributed by atoms with E-state index in [0.717, 1.165) is 16.9 Å². The smallest absolute Gasteiger partial charge is 0.332 e. The van der Waals surface area contributed by atoms with Crippen LogP contribution in [0.15, 0.2) is 78.3 Å². The number of Topliss-reactive ketones (excluding diaryl/α,β-unsaturated/α-hetero) is 1. The largest absolute Gasteiger partial charge is 0.466 e. The topological polar surface area (TPSA) is 49.9 Å². The Morgan fingerprint density at radius 3 is 2.19 bits per heavy atom. The van der Waals surface area contributed by atoms with E-state index in [1.54, 1.807) is 0 Å². The van der Waals surface area contributed by atoms with Gasteiger partial charge in [0.15, 0.2) is 0 Å². The standard InChI is InChI=1S/C22H22N2O3/c1-23(2)22-20(17-12-8-5-9-13-17)21(26)18(14-19(25)27-3)24(22)15-16-10-6-4-7-11-16/h4-14H,15H2,1-3H3/b18-14+. The minimum Gasteiger partial charge on any atom is -0.466 e. The lowest BCUT2D eigenvalue weighted by molar-refractivity contribution is -0.135. The van der Waals surface area contributed by atoms with Gasteiger partial charge in [0.05, 0.1) is 24.5 Å². The van der Waals surface area contributed by atoms with E-state index in [-0.39, 0.29) is 5.78 Å². The van der Waals surface area contributed by atoms with Crippen LogP contribution in [0, 0.1) is 0 Å². The highest BCUT2D eigenvalue weighted by molar-refractivity contribution is 6.32. The van der Waals surface area contributed by atoms with Crippen LogP contribution in [0.3, 0.4) is 0 Å². The van der Waals surface area contributed by atoms with Crippen molar-refractivity contribution < 1.29 is 14.3 Å². The molecule has 0 N–H and O–H groups in total. The summed E-state index contributed by atoms with van der Waals surface area (Å²) in [7, 11) is 5.09. The number of allylic oxidation sites excluding steroid dienone is 1. The quantitative estimate of drug-likeness (QED) is 0.604. The molecule has 0 atom stereocenters. The van der Waals surface area contributed by atoms with Crippen LogP contribution < -0.4 is 0 Å². The number of hydrogen-bond acceptors (Lipinski definition) is 5. The fourth-order valence-electron chi connectivity index (χ4n) is 3.17. The van der Waals surface area contributed by atoms with Crippen LogP contribution >= 0.6 is 0 Å². The zero-order valence-corrected chi connectivity index (χ0v) is 15.7. The monoisotopic (exact) mass is 362 g/mol. The first-order valence-corrected chi connectivity index (χ1v) is 8.65. The molecule has 0 aromatic heterocycles. The summed E-state index contributed by atoms with van der Waals surface area (Å²) in [6.45, 7) is 0.471. The third-order valence-corrected chi connectivity index (χ3v) is 4.36. The second-order valence-electron chi connectivity index (χ2n) is 6.41. The van der Waals surface area contributed by atoms with E-state index in [9.17, 15) is 9.59 Å². The molecule has 0 spiro atoms. The number of carbonyl (C=O) groups is 2. The molecule has 1 heterocycles. The number of methoxy groups -OCH3 is 1. The Bertz CT molecular complexity index is 900. The average molecular weight is 362 g/mol. The second kappa shape index (κ2) is 7.91. The molecular formula is C22H22N2O3. The van der Waals surface area contributed by atoms with Gasteiger partial charge in [-0.15, -0.1) is 0 Å². The zero-order valence-electron chi connectivity index (χ0n) is 15.7. The maximum atomic E-state index is 13.3. The molecule has 5 heteroatoms. The van der Waals surface area contributed by atoms with Crippen molar-refractivity contribution in [1.82, 2.24) is 9.80 Å². The molecule has 0 bridgehead atoms. The van der Waals surface area contributed by atoms with Crippen molar-refractivity contribution in [2.75, 3.05) is 21.2 Å². The van der Waals surface area contributed by atoms with E-state index in [4.69, 9.17) is 4.74 Å². The van der Waals surface area contributed by atoms with Gasteiger partial charge < -0.3 is 14.5 Å². The van der Waals surface area contributed by atoms with Gasteiger partial charge in [0, 0.05) is 20.6 Å². The SMILES string of the molecule is COC(=O)/C=C1\C(=O)C(c2ccccc2)=C(N(C)C)N1Cc1ccccc1. The summed E-state index contributed by atoms with van der Waals surface area (Å²) >= 11 is 0. The third kappa shape index (κ3) is 3.77. The van der Waals surface area contributed by atoms with Crippen LogP contribution in [0.25, 0.3) is 5.57 Å². The summed E-state index contributed by atoms with van der Waals surface area (Å²) < 4.78 is 4.77.